The second-order valence-electron chi connectivity index (χ2n) is 7.40. The molecule has 0 aliphatic carbocycles. The van der Waals surface area contributed by atoms with Gasteiger partial charge in [0.2, 0.25) is 0 Å². The fourth-order valence-electron chi connectivity index (χ4n) is 1.56. The molecule has 0 amide bonds. The van der Waals surface area contributed by atoms with Crippen LogP contribution < -0.4 is 4.98 Å². The van der Waals surface area contributed by atoms with Crippen molar-refractivity contribution in [3.8, 4) is 11.5 Å². The normalized spacial score (nSPS) is 11.7. The summed E-state index contributed by atoms with van der Waals surface area (Å²) in [4.78, 5) is 19.6. The van der Waals surface area contributed by atoms with Crippen molar-refractivity contribution in [2.75, 3.05) is 18.3 Å². The Morgan fingerprint density at radius 2 is 2.04 bits per heavy atom. The van der Waals surface area contributed by atoms with Gasteiger partial charge in [-0.2, -0.15) is 0 Å². The first-order valence-electron chi connectivity index (χ1n) is 7.85. The van der Waals surface area contributed by atoms with Crippen LogP contribution in [0.5, 0.6) is 0 Å². The number of methoxy groups -OCH3 is 1. The van der Waals surface area contributed by atoms with E-state index in [0.717, 1.165) is 5.56 Å². The van der Waals surface area contributed by atoms with E-state index in [-0.39, 0.29) is 17.4 Å². The van der Waals surface area contributed by atoms with Gasteiger partial charge in [-0.25, -0.2) is 4.98 Å². The summed E-state index contributed by atoms with van der Waals surface area (Å²) in [6.45, 7) is 12.4. The van der Waals surface area contributed by atoms with Gasteiger partial charge in [0.05, 0.1) is 24.5 Å². The summed E-state index contributed by atoms with van der Waals surface area (Å²) in [6.07, 6.45) is 1.97. The van der Waals surface area contributed by atoms with Crippen LogP contribution in [0.15, 0.2) is 18.3 Å². The Bertz CT molecular complexity index is 625. The second kappa shape index (κ2) is 8.47. The Morgan fingerprint density at radius 3 is 2.58 bits per heavy atom. The maximum absolute atomic E-state index is 12.1. The van der Waals surface area contributed by atoms with Crippen LogP contribution >= 0.6 is 0 Å². The molecule has 0 bridgehead atoms. The molecular weight excluding hydrogens is 336 g/mol. The number of aromatic nitrogens is 1. The summed E-state index contributed by atoms with van der Waals surface area (Å²) >= 11 is 0. The summed E-state index contributed by atoms with van der Waals surface area (Å²) < 4.78 is 10.7. The zero-order valence-electron chi connectivity index (χ0n) is 15.6. The first-order chi connectivity index (χ1) is 11.0. The number of carbonyl (C=O) groups excluding carboxylic acids is 1. The van der Waals surface area contributed by atoms with E-state index >= 15 is 0 Å². The lowest BCUT2D eigenvalue weighted by Gasteiger charge is -2.22. The topological polar surface area (TPSA) is 60.5 Å². The number of nitrogens with one attached hydrogen (secondary N) is 1. The van der Waals surface area contributed by atoms with Gasteiger partial charge in [-0.05, 0) is 32.9 Å². The number of carbonyl (C=O) groups is 1. The molecule has 0 aliphatic rings. The first kappa shape index (κ1) is 20.4. The Labute approximate surface area is 147 Å². The Balaban J connectivity index is 3.01. The van der Waals surface area contributed by atoms with Crippen LogP contribution in [0.2, 0.25) is 19.6 Å². The maximum atomic E-state index is 12.1. The lowest BCUT2D eigenvalue weighted by molar-refractivity contribution is 0.0235. The molecule has 1 heterocycles. The van der Waals surface area contributed by atoms with Crippen molar-refractivity contribution in [1.82, 2.24) is 4.98 Å². The molecule has 5 nitrogen and oxygen atoms in total. The van der Waals surface area contributed by atoms with Crippen LogP contribution in [0.4, 0.5) is 10.6 Å². The smallest absolute Gasteiger partial charge is 0.334 e. The van der Waals surface area contributed by atoms with Gasteiger partial charge >= 0.3 is 8.96 Å². The number of hydrogen-bond donors (Lipinski definition) is 1. The predicted molar refractivity (Wildman–Crippen MR) is 102 cm³/mol. The number of hydrogen-bond acceptors (Lipinski definition) is 5. The van der Waals surface area contributed by atoms with Crippen molar-refractivity contribution in [3.63, 3.8) is 0 Å². The van der Waals surface area contributed by atoms with Gasteiger partial charge in [-0.3, -0.25) is 4.79 Å². The third-order valence-corrected chi connectivity index (χ3v) is 5.27. The highest BCUT2D eigenvalue weighted by atomic mass is 28.3. The lowest BCUT2D eigenvalue weighted by atomic mass is 10.2. The molecule has 7 heteroatoms. The number of anilines is 1. The Kier molecular flexibility index (Phi) is 7.20. The van der Waals surface area contributed by atoms with Crippen molar-refractivity contribution in [2.24, 2.45) is 0 Å². The summed E-state index contributed by atoms with van der Waals surface area (Å²) in [5, 5.41) is 0. The first-order valence-corrected chi connectivity index (χ1v) is 13.1. The predicted octanol–water partition coefficient (Wildman–Crippen LogP) is 3.42. The maximum Gasteiger partial charge on any atom is 0.334 e. The molecule has 0 unspecified atom stereocenters. The monoisotopic (exact) mass is 363 g/mol. The molecule has 1 aromatic heterocycles. The van der Waals surface area contributed by atoms with Crippen molar-refractivity contribution in [3.05, 3.63) is 23.9 Å². The van der Waals surface area contributed by atoms with E-state index in [9.17, 15) is 4.79 Å². The Morgan fingerprint density at radius 1 is 1.38 bits per heavy atom. The second-order valence-corrected chi connectivity index (χ2v) is 14.0. The minimum Gasteiger partial charge on any atom is -0.472 e. The van der Waals surface area contributed by atoms with Crippen LogP contribution in [0.25, 0.3) is 0 Å². The van der Waals surface area contributed by atoms with Gasteiger partial charge in [-0.1, -0.05) is 25.6 Å². The van der Waals surface area contributed by atoms with Crippen molar-refractivity contribution < 1.29 is 14.3 Å². The standard InChI is InChI=1S/C17H27N2O3Si2/c1-17(2,3)22-13-23(16(20)21-4)19-15-14(9-8-11-18-15)10-12-24(5,6)7/h8-9,11H,13H2,1-7H3,(H,18,19). The molecule has 0 fully saturated rings. The molecule has 24 heavy (non-hydrogen) atoms. The molecule has 0 aliphatic heterocycles. The van der Waals surface area contributed by atoms with Crippen molar-refractivity contribution in [2.45, 2.75) is 46.0 Å². The Hall–Kier alpha value is -1.63. The number of ether oxygens (including phenoxy) is 2. The van der Waals surface area contributed by atoms with Gasteiger partial charge < -0.3 is 14.5 Å². The lowest BCUT2D eigenvalue weighted by Crippen LogP contribution is -2.42. The van der Waals surface area contributed by atoms with Gasteiger partial charge in [-0.15, -0.1) is 5.54 Å². The van der Waals surface area contributed by atoms with Crippen LogP contribution in [0, 0.1) is 11.5 Å². The molecule has 0 saturated heterocycles. The van der Waals surface area contributed by atoms with E-state index in [4.69, 9.17) is 9.47 Å². The average Bonchev–Trinajstić information content (AvgIpc) is 2.47. The van der Waals surface area contributed by atoms with E-state index in [0.29, 0.717) is 5.82 Å². The molecular formula is C17H27N2O3Si2. The third kappa shape index (κ3) is 7.77. The summed E-state index contributed by atoms with van der Waals surface area (Å²) in [7, 11) is -1.90. The molecule has 131 valence electrons. The van der Waals surface area contributed by atoms with Crippen molar-refractivity contribution in [1.29, 1.82) is 0 Å². The summed E-state index contributed by atoms with van der Waals surface area (Å²) in [5.74, 6) is 3.81. The average molecular weight is 364 g/mol. The minimum atomic E-state index is -1.79. The number of nitrogens with zero attached hydrogens (tertiary/aromatic N) is 1. The molecule has 1 radical (unpaired) electrons. The molecule has 1 N–H and O–H groups in total. The number of rotatable bonds is 5. The van der Waals surface area contributed by atoms with E-state index in [1.165, 1.54) is 7.11 Å². The zero-order valence-corrected chi connectivity index (χ0v) is 17.6. The molecule has 0 spiro atoms. The van der Waals surface area contributed by atoms with Crippen LogP contribution in [0.1, 0.15) is 26.3 Å². The van der Waals surface area contributed by atoms with E-state index < -0.39 is 17.0 Å². The quantitative estimate of drug-likeness (QED) is 0.641. The van der Waals surface area contributed by atoms with Crippen molar-refractivity contribution >= 4 is 28.4 Å². The zero-order chi connectivity index (χ0) is 18.4. The fraction of sp³-hybridized carbons (Fsp3) is 0.529. The molecule has 1 rings (SSSR count). The highest BCUT2D eigenvalue weighted by Crippen LogP contribution is 2.13. The van der Waals surface area contributed by atoms with Crippen LogP contribution in [-0.2, 0) is 9.47 Å². The SMILES string of the molecule is COC(=O)[Si](COC(C)(C)C)Nc1ncccc1C#C[Si](C)(C)C. The van der Waals surface area contributed by atoms with Gasteiger partial charge in [0.1, 0.15) is 13.9 Å². The molecule has 0 aromatic carbocycles. The largest absolute Gasteiger partial charge is 0.472 e. The molecule has 1 aromatic rings. The van der Waals surface area contributed by atoms with Crippen LogP contribution in [-0.4, -0.2) is 46.5 Å². The molecule has 0 atom stereocenters. The number of pyridine rings is 1. The highest BCUT2D eigenvalue weighted by molar-refractivity contribution is 6.90. The van der Waals surface area contributed by atoms with Crippen LogP contribution in [0.3, 0.4) is 0 Å². The third-order valence-electron chi connectivity index (χ3n) is 2.73. The summed E-state index contributed by atoms with van der Waals surface area (Å²) in [6, 6.07) is 3.75. The van der Waals surface area contributed by atoms with E-state index in [1.807, 2.05) is 32.9 Å². The van der Waals surface area contributed by atoms with Gasteiger partial charge in [0.25, 0.3) is 5.59 Å². The summed E-state index contributed by atoms with van der Waals surface area (Å²) in [5.41, 5.74) is 3.50. The highest BCUT2D eigenvalue weighted by Gasteiger charge is 2.27. The van der Waals surface area contributed by atoms with E-state index in [2.05, 4.69) is 41.1 Å². The molecule has 0 saturated carbocycles. The minimum absolute atomic E-state index is 0.290. The van der Waals surface area contributed by atoms with Gasteiger partial charge in [0, 0.05) is 6.20 Å². The fourth-order valence-corrected chi connectivity index (χ4v) is 3.67. The van der Waals surface area contributed by atoms with Gasteiger partial charge in [0.15, 0.2) is 0 Å². The van der Waals surface area contributed by atoms with E-state index in [1.54, 1.807) is 6.20 Å².